The normalized spacial score (nSPS) is 14.8. The molecule has 31 heavy (non-hydrogen) atoms. The number of hydrogen-bond donors (Lipinski definition) is 0. The molecule has 172 valence electrons. The van der Waals surface area contributed by atoms with Crippen molar-refractivity contribution in [3.8, 4) is 5.75 Å². The molecule has 0 bridgehead atoms. The summed E-state index contributed by atoms with van der Waals surface area (Å²) >= 11 is 0. The van der Waals surface area contributed by atoms with Crippen molar-refractivity contribution in [1.29, 1.82) is 0 Å². The fraction of sp³-hybridized carbons (Fsp3) is 0.500. The van der Waals surface area contributed by atoms with E-state index in [1.807, 2.05) is 0 Å². The number of rotatable bonds is 11. The maximum absolute atomic E-state index is 13.2. The van der Waals surface area contributed by atoms with Crippen LogP contribution in [0.2, 0.25) is 0 Å². The topological polar surface area (TPSA) is 90.0 Å². The Hall–Kier alpha value is -2.56. The molecule has 1 fully saturated rings. The standard InChI is InChI=1S/C20H24F3NO6S/c1-4-10-24(31(3,27)28)17-11-14(30-20(21,22)23)8-9-15(17)19(26)16(12-29-5-2)18(25)13-6-7-13/h8-9,11-13H,4-7,10H2,1-3H3. The highest BCUT2D eigenvalue weighted by Crippen LogP contribution is 2.36. The molecule has 0 radical (unpaired) electrons. The first kappa shape index (κ1) is 24.7. The fourth-order valence-electron chi connectivity index (χ4n) is 2.88. The van der Waals surface area contributed by atoms with Crippen molar-refractivity contribution < 1.29 is 40.7 Å². The summed E-state index contributed by atoms with van der Waals surface area (Å²) in [6.07, 6.45) is -1.55. The van der Waals surface area contributed by atoms with Gasteiger partial charge < -0.3 is 9.47 Å². The monoisotopic (exact) mass is 463 g/mol. The maximum Gasteiger partial charge on any atom is 0.573 e. The van der Waals surface area contributed by atoms with E-state index in [0.717, 1.165) is 35.0 Å². The van der Waals surface area contributed by atoms with Crippen molar-refractivity contribution in [3.05, 3.63) is 35.6 Å². The molecular weight excluding hydrogens is 439 g/mol. The summed E-state index contributed by atoms with van der Waals surface area (Å²) in [5.74, 6) is -2.29. The summed E-state index contributed by atoms with van der Waals surface area (Å²) in [6.45, 7) is 3.43. The summed E-state index contributed by atoms with van der Waals surface area (Å²) in [7, 11) is -3.95. The number of hydrogen-bond acceptors (Lipinski definition) is 6. The first-order valence-corrected chi connectivity index (χ1v) is 11.5. The van der Waals surface area contributed by atoms with Gasteiger partial charge in [-0.3, -0.25) is 13.9 Å². The average molecular weight is 463 g/mol. The number of sulfonamides is 1. The van der Waals surface area contributed by atoms with Crippen LogP contribution in [0.15, 0.2) is 30.0 Å². The second-order valence-corrected chi connectivity index (χ2v) is 8.92. The Labute approximate surface area is 178 Å². The van der Waals surface area contributed by atoms with Crippen molar-refractivity contribution in [2.45, 2.75) is 39.5 Å². The summed E-state index contributed by atoms with van der Waals surface area (Å²) in [5.41, 5.74) is -0.824. The molecule has 7 nitrogen and oxygen atoms in total. The molecule has 11 heteroatoms. The van der Waals surface area contributed by atoms with Crippen molar-refractivity contribution in [3.63, 3.8) is 0 Å². The van der Waals surface area contributed by atoms with Gasteiger partial charge >= 0.3 is 6.36 Å². The zero-order valence-corrected chi connectivity index (χ0v) is 18.2. The van der Waals surface area contributed by atoms with Crippen LogP contribution in [0.1, 0.15) is 43.5 Å². The van der Waals surface area contributed by atoms with Gasteiger partial charge in [-0.05, 0) is 38.3 Å². The number of allylic oxidation sites excluding steroid dienone is 1. The molecule has 1 saturated carbocycles. The number of ether oxygens (including phenoxy) is 2. The van der Waals surface area contributed by atoms with Gasteiger partial charge in [-0.15, -0.1) is 13.2 Å². The van der Waals surface area contributed by atoms with E-state index < -0.39 is 33.7 Å². The maximum atomic E-state index is 13.2. The molecule has 0 aliphatic heterocycles. The number of alkyl halides is 3. The molecular formula is C20H24F3NO6S. The van der Waals surface area contributed by atoms with Crippen LogP contribution in [0, 0.1) is 5.92 Å². The lowest BCUT2D eigenvalue weighted by molar-refractivity contribution is -0.274. The number of halogens is 3. The SMILES string of the molecule is CCCN(c1cc(OC(F)(F)F)ccc1C(=O)C(=COCC)C(=O)C1CC1)S(C)(=O)=O. The Morgan fingerprint density at radius 2 is 1.87 bits per heavy atom. The van der Waals surface area contributed by atoms with E-state index in [1.54, 1.807) is 13.8 Å². The summed E-state index contributed by atoms with van der Waals surface area (Å²) in [4.78, 5) is 25.8. The van der Waals surface area contributed by atoms with Gasteiger partial charge in [0.1, 0.15) is 11.3 Å². The molecule has 0 spiro atoms. The first-order valence-electron chi connectivity index (χ1n) is 9.67. The van der Waals surface area contributed by atoms with Gasteiger partial charge in [0.15, 0.2) is 5.78 Å². The molecule has 2 rings (SSSR count). The number of carbonyl (C=O) groups is 2. The van der Waals surface area contributed by atoms with Gasteiger partial charge in [0.25, 0.3) is 0 Å². The Bertz CT molecular complexity index is 968. The van der Waals surface area contributed by atoms with Crippen LogP contribution in [0.3, 0.4) is 0 Å². The van der Waals surface area contributed by atoms with Gasteiger partial charge in [0.2, 0.25) is 15.8 Å². The second kappa shape index (κ2) is 9.71. The van der Waals surface area contributed by atoms with E-state index in [2.05, 4.69) is 4.74 Å². The Kier molecular flexibility index (Phi) is 7.74. The molecule has 0 heterocycles. The van der Waals surface area contributed by atoms with Gasteiger partial charge in [-0.25, -0.2) is 8.42 Å². The first-order chi connectivity index (χ1) is 14.4. The van der Waals surface area contributed by atoms with Crippen LogP contribution in [0.5, 0.6) is 5.75 Å². The predicted octanol–water partition coefficient (Wildman–Crippen LogP) is 3.84. The molecule has 0 N–H and O–H groups in total. The van der Waals surface area contributed by atoms with E-state index >= 15 is 0 Å². The lowest BCUT2D eigenvalue weighted by Crippen LogP contribution is -2.32. The number of nitrogens with zero attached hydrogens (tertiary/aromatic N) is 1. The molecule has 0 unspecified atom stereocenters. The van der Waals surface area contributed by atoms with Gasteiger partial charge in [-0.2, -0.15) is 0 Å². The average Bonchev–Trinajstić information content (AvgIpc) is 3.49. The van der Waals surface area contributed by atoms with Crippen LogP contribution < -0.4 is 9.04 Å². The van der Waals surface area contributed by atoms with E-state index in [-0.39, 0.29) is 35.9 Å². The molecule has 0 aromatic heterocycles. The minimum absolute atomic E-state index is 0.0876. The molecule has 0 amide bonds. The lowest BCUT2D eigenvalue weighted by Gasteiger charge is -2.25. The zero-order valence-electron chi connectivity index (χ0n) is 17.4. The number of anilines is 1. The third-order valence-electron chi connectivity index (χ3n) is 4.37. The molecule has 1 aliphatic carbocycles. The minimum atomic E-state index is -5.01. The number of benzene rings is 1. The van der Waals surface area contributed by atoms with Crippen LogP contribution >= 0.6 is 0 Å². The van der Waals surface area contributed by atoms with Gasteiger partial charge in [0, 0.05) is 24.1 Å². The quantitative estimate of drug-likeness (QED) is 0.163. The highest BCUT2D eigenvalue weighted by molar-refractivity contribution is 7.92. The Morgan fingerprint density at radius 3 is 2.35 bits per heavy atom. The Morgan fingerprint density at radius 1 is 1.23 bits per heavy atom. The van der Waals surface area contributed by atoms with Gasteiger partial charge in [-0.1, -0.05) is 6.92 Å². The molecule has 0 saturated heterocycles. The van der Waals surface area contributed by atoms with E-state index in [1.165, 1.54) is 0 Å². The van der Waals surface area contributed by atoms with Crippen LogP contribution in [0.25, 0.3) is 0 Å². The number of Topliss-reactive ketones (excluding diaryl/α,β-unsaturated/α-hetero) is 2. The molecule has 1 aromatic rings. The highest BCUT2D eigenvalue weighted by Gasteiger charge is 2.37. The van der Waals surface area contributed by atoms with Crippen molar-refractivity contribution in [1.82, 2.24) is 0 Å². The van der Waals surface area contributed by atoms with E-state index in [9.17, 15) is 31.2 Å². The van der Waals surface area contributed by atoms with Crippen molar-refractivity contribution in [2.24, 2.45) is 5.92 Å². The minimum Gasteiger partial charge on any atom is -0.501 e. The van der Waals surface area contributed by atoms with Crippen LogP contribution in [0.4, 0.5) is 18.9 Å². The van der Waals surface area contributed by atoms with Crippen LogP contribution in [-0.4, -0.2) is 45.8 Å². The molecule has 1 aliphatic rings. The lowest BCUT2D eigenvalue weighted by atomic mass is 9.97. The van der Waals surface area contributed by atoms with Crippen molar-refractivity contribution >= 4 is 27.3 Å². The number of ketones is 2. The predicted molar refractivity (Wildman–Crippen MR) is 107 cm³/mol. The van der Waals surface area contributed by atoms with Crippen molar-refractivity contribution in [2.75, 3.05) is 23.7 Å². The van der Waals surface area contributed by atoms with Crippen LogP contribution in [-0.2, 0) is 19.6 Å². The smallest absolute Gasteiger partial charge is 0.501 e. The highest BCUT2D eigenvalue weighted by atomic mass is 32.2. The Balaban J connectivity index is 2.63. The third kappa shape index (κ3) is 6.71. The third-order valence-corrected chi connectivity index (χ3v) is 5.55. The summed E-state index contributed by atoms with van der Waals surface area (Å²) in [6, 6.07) is 2.75. The fourth-order valence-corrected chi connectivity index (χ4v) is 3.90. The van der Waals surface area contributed by atoms with E-state index in [0.29, 0.717) is 19.3 Å². The second-order valence-electron chi connectivity index (χ2n) is 7.02. The van der Waals surface area contributed by atoms with E-state index in [4.69, 9.17) is 4.74 Å². The van der Waals surface area contributed by atoms with Gasteiger partial charge in [0.05, 0.1) is 24.8 Å². The number of carbonyl (C=O) groups excluding carboxylic acids is 2. The molecule has 0 atom stereocenters. The summed E-state index contributed by atoms with van der Waals surface area (Å²) < 4.78 is 72.6. The largest absolute Gasteiger partial charge is 0.573 e. The summed E-state index contributed by atoms with van der Waals surface area (Å²) in [5, 5.41) is 0. The zero-order chi connectivity index (χ0) is 23.4. The molecule has 1 aromatic carbocycles.